The van der Waals surface area contributed by atoms with E-state index in [4.69, 9.17) is 4.74 Å². The van der Waals surface area contributed by atoms with Crippen LogP contribution in [0.5, 0.6) is 0 Å². The number of rotatable bonds is 0. The zero-order chi connectivity index (χ0) is 7.52. The van der Waals surface area contributed by atoms with Gasteiger partial charge >= 0.3 is 0 Å². The average molecular weight is 192 g/mol. The molecule has 2 fully saturated rings. The Bertz CT molecular complexity index is 118. The van der Waals surface area contributed by atoms with Crippen LogP contribution in [0.1, 0.15) is 25.7 Å². The van der Waals surface area contributed by atoms with Crippen LogP contribution in [0, 0.1) is 5.92 Å². The lowest BCUT2D eigenvalue weighted by molar-refractivity contribution is 0.00847. The molecule has 1 heterocycles. The summed E-state index contributed by atoms with van der Waals surface area (Å²) in [7, 11) is 0. The molecule has 0 aromatic heterocycles. The summed E-state index contributed by atoms with van der Waals surface area (Å²) in [6, 6.07) is 0. The van der Waals surface area contributed by atoms with E-state index in [2.05, 4.69) is 5.32 Å². The van der Waals surface area contributed by atoms with Gasteiger partial charge in [0, 0.05) is 13.1 Å². The SMILES string of the molecule is C1CCC2OCCNCC2C1.Cl. The lowest BCUT2D eigenvalue weighted by Gasteiger charge is -2.28. The fourth-order valence-corrected chi connectivity index (χ4v) is 2.20. The van der Waals surface area contributed by atoms with Crippen molar-refractivity contribution in [2.45, 2.75) is 31.8 Å². The summed E-state index contributed by atoms with van der Waals surface area (Å²) in [6.07, 6.45) is 6.04. The number of fused-ring (bicyclic) bond motifs is 1. The Morgan fingerprint density at radius 2 is 2.00 bits per heavy atom. The zero-order valence-corrected chi connectivity index (χ0v) is 8.24. The lowest BCUT2D eigenvalue weighted by Crippen LogP contribution is -2.31. The fourth-order valence-electron chi connectivity index (χ4n) is 2.20. The van der Waals surface area contributed by atoms with Gasteiger partial charge in [0.05, 0.1) is 12.7 Å². The fraction of sp³-hybridized carbons (Fsp3) is 1.00. The van der Waals surface area contributed by atoms with Crippen molar-refractivity contribution in [2.75, 3.05) is 19.7 Å². The molecule has 2 nitrogen and oxygen atoms in total. The molecule has 12 heavy (non-hydrogen) atoms. The van der Waals surface area contributed by atoms with Crippen molar-refractivity contribution in [1.82, 2.24) is 5.32 Å². The highest BCUT2D eigenvalue weighted by molar-refractivity contribution is 5.85. The quantitative estimate of drug-likeness (QED) is 0.628. The van der Waals surface area contributed by atoms with Crippen LogP contribution in [0.4, 0.5) is 0 Å². The predicted octanol–water partition coefficient (Wildman–Crippen LogP) is 1.59. The lowest BCUT2D eigenvalue weighted by atomic mass is 9.86. The van der Waals surface area contributed by atoms with E-state index in [1.165, 1.54) is 32.2 Å². The second kappa shape index (κ2) is 5.05. The van der Waals surface area contributed by atoms with E-state index >= 15 is 0 Å². The predicted molar refractivity (Wildman–Crippen MR) is 51.8 cm³/mol. The zero-order valence-electron chi connectivity index (χ0n) is 7.42. The maximum Gasteiger partial charge on any atom is 0.0616 e. The van der Waals surface area contributed by atoms with Crippen molar-refractivity contribution < 1.29 is 4.74 Å². The van der Waals surface area contributed by atoms with Crippen LogP contribution >= 0.6 is 12.4 Å². The summed E-state index contributed by atoms with van der Waals surface area (Å²) in [5.74, 6) is 0.811. The van der Waals surface area contributed by atoms with Gasteiger partial charge in [-0.15, -0.1) is 12.4 Å². The Morgan fingerprint density at radius 3 is 2.92 bits per heavy atom. The number of halogens is 1. The van der Waals surface area contributed by atoms with Crippen molar-refractivity contribution in [1.29, 1.82) is 0 Å². The van der Waals surface area contributed by atoms with Crippen molar-refractivity contribution in [3.05, 3.63) is 0 Å². The molecule has 0 spiro atoms. The van der Waals surface area contributed by atoms with Gasteiger partial charge in [0.25, 0.3) is 0 Å². The normalized spacial score (nSPS) is 36.0. The molecule has 0 aromatic rings. The van der Waals surface area contributed by atoms with Gasteiger partial charge < -0.3 is 10.1 Å². The number of hydrogen-bond acceptors (Lipinski definition) is 2. The highest BCUT2D eigenvalue weighted by atomic mass is 35.5. The first-order valence-electron chi connectivity index (χ1n) is 4.79. The molecule has 0 bridgehead atoms. The molecular formula is C9H18ClNO. The molecule has 1 saturated heterocycles. The Labute approximate surface area is 80.5 Å². The smallest absolute Gasteiger partial charge is 0.0616 e. The van der Waals surface area contributed by atoms with Gasteiger partial charge in [0.1, 0.15) is 0 Å². The first-order chi connectivity index (χ1) is 5.47. The summed E-state index contributed by atoms with van der Waals surface area (Å²) < 4.78 is 5.74. The van der Waals surface area contributed by atoms with Gasteiger partial charge in [-0.3, -0.25) is 0 Å². The highest BCUT2D eigenvalue weighted by Crippen LogP contribution is 2.27. The minimum Gasteiger partial charge on any atom is -0.377 e. The minimum atomic E-state index is 0. The first-order valence-corrected chi connectivity index (χ1v) is 4.79. The third-order valence-electron chi connectivity index (χ3n) is 2.86. The Morgan fingerprint density at radius 1 is 1.17 bits per heavy atom. The van der Waals surface area contributed by atoms with Gasteiger partial charge in [0.15, 0.2) is 0 Å². The largest absolute Gasteiger partial charge is 0.377 e. The third kappa shape index (κ3) is 2.35. The minimum absolute atomic E-state index is 0. The molecule has 72 valence electrons. The maximum atomic E-state index is 5.74. The van der Waals surface area contributed by atoms with Crippen LogP contribution in [-0.4, -0.2) is 25.8 Å². The van der Waals surface area contributed by atoms with E-state index in [0.717, 1.165) is 19.1 Å². The molecule has 1 aliphatic carbocycles. The monoisotopic (exact) mass is 191 g/mol. The van der Waals surface area contributed by atoms with Gasteiger partial charge in [-0.1, -0.05) is 12.8 Å². The van der Waals surface area contributed by atoms with Crippen LogP contribution < -0.4 is 5.32 Å². The second-order valence-electron chi connectivity index (χ2n) is 3.66. The van der Waals surface area contributed by atoms with E-state index in [9.17, 15) is 0 Å². The average Bonchev–Trinajstić information content (AvgIpc) is 2.28. The van der Waals surface area contributed by atoms with E-state index in [1.807, 2.05) is 0 Å². The molecule has 2 atom stereocenters. The van der Waals surface area contributed by atoms with Crippen LogP contribution in [0.15, 0.2) is 0 Å². The van der Waals surface area contributed by atoms with Crippen LogP contribution in [0.3, 0.4) is 0 Å². The van der Waals surface area contributed by atoms with Crippen molar-refractivity contribution in [3.63, 3.8) is 0 Å². The summed E-state index contributed by atoms with van der Waals surface area (Å²) in [5, 5.41) is 3.42. The van der Waals surface area contributed by atoms with Gasteiger partial charge in [-0.05, 0) is 18.8 Å². The van der Waals surface area contributed by atoms with Gasteiger partial charge in [-0.25, -0.2) is 0 Å². The Hall–Kier alpha value is 0.210. The molecule has 3 heteroatoms. The molecule has 1 aliphatic heterocycles. The number of nitrogens with one attached hydrogen (secondary N) is 1. The first kappa shape index (κ1) is 10.3. The number of ether oxygens (including phenoxy) is 1. The van der Waals surface area contributed by atoms with Crippen molar-refractivity contribution >= 4 is 12.4 Å². The Balaban J connectivity index is 0.000000720. The van der Waals surface area contributed by atoms with E-state index in [1.54, 1.807) is 0 Å². The van der Waals surface area contributed by atoms with Crippen molar-refractivity contribution in [2.24, 2.45) is 5.92 Å². The molecule has 0 aromatic carbocycles. The summed E-state index contributed by atoms with van der Waals surface area (Å²) >= 11 is 0. The van der Waals surface area contributed by atoms with Crippen LogP contribution in [-0.2, 0) is 4.74 Å². The molecule has 2 unspecified atom stereocenters. The summed E-state index contributed by atoms with van der Waals surface area (Å²) in [4.78, 5) is 0. The third-order valence-corrected chi connectivity index (χ3v) is 2.86. The van der Waals surface area contributed by atoms with Gasteiger partial charge in [-0.2, -0.15) is 0 Å². The van der Waals surface area contributed by atoms with Crippen LogP contribution in [0.2, 0.25) is 0 Å². The molecule has 2 rings (SSSR count). The second-order valence-corrected chi connectivity index (χ2v) is 3.66. The maximum absolute atomic E-state index is 5.74. The molecule has 1 N–H and O–H groups in total. The molecular weight excluding hydrogens is 174 g/mol. The summed E-state index contributed by atoms with van der Waals surface area (Å²) in [5.41, 5.74) is 0. The topological polar surface area (TPSA) is 21.3 Å². The summed E-state index contributed by atoms with van der Waals surface area (Å²) in [6.45, 7) is 3.15. The molecule has 0 radical (unpaired) electrons. The van der Waals surface area contributed by atoms with Gasteiger partial charge in [0.2, 0.25) is 0 Å². The van der Waals surface area contributed by atoms with E-state index in [-0.39, 0.29) is 12.4 Å². The molecule has 2 aliphatic rings. The molecule has 0 amide bonds. The van der Waals surface area contributed by atoms with Crippen LogP contribution in [0.25, 0.3) is 0 Å². The highest BCUT2D eigenvalue weighted by Gasteiger charge is 2.26. The van der Waals surface area contributed by atoms with Crippen molar-refractivity contribution in [3.8, 4) is 0 Å². The Kier molecular flexibility index (Phi) is 4.33. The van der Waals surface area contributed by atoms with E-state index < -0.39 is 0 Å². The number of hydrogen-bond donors (Lipinski definition) is 1. The standard InChI is InChI=1S/C9H17NO.ClH/c1-2-4-9-8(3-1)7-10-5-6-11-9;/h8-10H,1-7H2;1H. The molecule has 1 saturated carbocycles. The van der Waals surface area contributed by atoms with E-state index in [0.29, 0.717) is 6.10 Å².